The molecule has 2 aromatic heterocycles. The number of rotatable bonds is 2. The van der Waals surface area contributed by atoms with Gasteiger partial charge in [-0.1, -0.05) is 24.2 Å². The van der Waals surface area contributed by atoms with E-state index in [1.807, 2.05) is 18.3 Å². The molecule has 0 radical (unpaired) electrons. The zero-order valence-electron chi connectivity index (χ0n) is 10.1. The van der Waals surface area contributed by atoms with Crippen molar-refractivity contribution in [3.63, 3.8) is 0 Å². The highest BCUT2D eigenvalue weighted by atomic mass is 16.5. The SMILES string of the molecule is C[C@H]1C[C@H]1c1nc(-c2ccc3cc[nH]c3c2)no1. The van der Waals surface area contributed by atoms with Crippen LogP contribution in [0.25, 0.3) is 22.3 Å². The molecule has 1 saturated carbocycles. The summed E-state index contributed by atoms with van der Waals surface area (Å²) in [6.07, 6.45) is 3.10. The summed E-state index contributed by atoms with van der Waals surface area (Å²) in [6, 6.07) is 8.20. The van der Waals surface area contributed by atoms with Gasteiger partial charge in [0, 0.05) is 23.2 Å². The molecular formula is C14H13N3O. The predicted molar refractivity (Wildman–Crippen MR) is 68.1 cm³/mol. The second kappa shape index (κ2) is 3.45. The fourth-order valence-electron chi connectivity index (χ4n) is 2.36. The van der Waals surface area contributed by atoms with Gasteiger partial charge in [0.05, 0.1) is 0 Å². The molecule has 1 fully saturated rings. The molecule has 0 unspecified atom stereocenters. The Balaban J connectivity index is 1.74. The highest BCUT2D eigenvalue weighted by Crippen LogP contribution is 2.46. The van der Waals surface area contributed by atoms with E-state index < -0.39 is 0 Å². The van der Waals surface area contributed by atoms with Gasteiger partial charge in [0.1, 0.15) is 0 Å². The van der Waals surface area contributed by atoms with Crippen LogP contribution in [0.4, 0.5) is 0 Å². The first-order valence-corrected chi connectivity index (χ1v) is 6.22. The minimum atomic E-state index is 0.473. The maximum Gasteiger partial charge on any atom is 0.230 e. The molecule has 0 saturated heterocycles. The fourth-order valence-corrected chi connectivity index (χ4v) is 2.36. The van der Waals surface area contributed by atoms with E-state index in [1.165, 1.54) is 5.39 Å². The minimum absolute atomic E-state index is 0.473. The minimum Gasteiger partial charge on any atom is -0.361 e. The molecule has 1 aliphatic carbocycles. The summed E-state index contributed by atoms with van der Waals surface area (Å²) in [4.78, 5) is 7.68. The monoisotopic (exact) mass is 239 g/mol. The molecule has 2 atom stereocenters. The normalized spacial score (nSPS) is 22.5. The van der Waals surface area contributed by atoms with E-state index in [4.69, 9.17) is 4.52 Å². The maximum absolute atomic E-state index is 5.34. The van der Waals surface area contributed by atoms with Gasteiger partial charge in [0.25, 0.3) is 0 Å². The van der Waals surface area contributed by atoms with Crippen molar-refractivity contribution < 1.29 is 4.52 Å². The summed E-state index contributed by atoms with van der Waals surface area (Å²) >= 11 is 0. The van der Waals surface area contributed by atoms with E-state index in [-0.39, 0.29) is 0 Å². The van der Waals surface area contributed by atoms with E-state index in [0.717, 1.165) is 23.4 Å². The van der Waals surface area contributed by atoms with Crippen LogP contribution in [0.5, 0.6) is 0 Å². The molecule has 0 aliphatic heterocycles. The van der Waals surface area contributed by atoms with Gasteiger partial charge in [-0.15, -0.1) is 0 Å². The van der Waals surface area contributed by atoms with Crippen molar-refractivity contribution in [1.29, 1.82) is 0 Å². The smallest absolute Gasteiger partial charge is 0.230 e. The molecule has 4 nitrogen and oxygen atoms in total. The molecule has 3 aromatic rings. The lowest BCUT2D eigenvalue weighted by Gasteiger charge is -1.94. The van der Waals surface area contributed by atoms with Crippen molar-refractivity contribution >= 4 is 10.9 Å². The second-order valence-electron chi connectivity index (χ2n) is 5.06. The van der Waals surface area contributed by atoms with Crippen LogP contribution in [-0.4, -0.2) is 15.1 Å². The maximum atomic E-state index is 5.34. The Morgan fingerprint density at radius 2 is 2.22 bits per heavy atom. The van der Waals surface area contributed by atoms with Gasteiger partial charge in [0.2, 0.25) is 11.7 Å². The molecule has 2 heterocycles. The number of H-pyrrole nitrogens is 1. The highest BCUT2D eigenvalue weighted by Gasteiger charge is 2.38. The Morgan fingerprint density at radius 3 is 3.06 bits per heavy atom. The van der Waals surface area contributed by atoms with Crippen LogP contribution in [0.3, 0.4) is 0 Å². The van der Waals surface area contributed by atoms with Crippen molar-refractivity contribution in [2.24, 2.45) is 5.92 Å². The number of aromatic amines is 1. The van der Waals surface area contributed by atoms with Crippen LogP contribution < -0.4 is 0 Å². The zero-order chi connectivity index (χ0) is 12.1. The first kappa shape index (κ1) is 9.88. The van der Waals surface area contributed by atoms with E-state index in [1.54, 1.807) is 0 Å². The topological polar surface area (TPSA) is 54.7 Å². The van der Waals surface area contributed by atoms with Crippen LogP contribution in [0, 0.1) is 5.92 Å². The second-order valence-corrected chi connectivity index (χ2v) is 5.06. The van der Waals surface area contributed by atoms with Gasteiger partial charge in [-0.3, -0.25) is 0 Å². The van der Waals surface area contributed by atoms with Crippen molar-refractivity contribution in [1.82, 2.24) is 15.1 Å². The number of nitrogens with one attached hydrogen (secondary N) is 1. The number of hydrogen-bond acceptors (Lipinski definition) is 3. The van der Waals surface area contributed by atoms with Gasteiger partial charge >= 0.3 is 0 Å². The third-order valence-corrected chi connectivity index (χ3v) is 3.68. The van der Waals surface area contributed by atoms with Gasteiger partial charge in [-0.2, -0.15) is 4.98 Å². The van der Waals surface area contributed by atoms with Gasteiger partial charge in [0.15, 0.2) is 0 Å². The largest absolute Gasteiger partial charge is 0.361 e. The third-order valence-electron chi connectivity index (χ3n) is 3.68. The van der Waals surface area contributed by atoms with Crippen LogP contribution in [0.2, 0.25) is 0 Å². The molecule has 1 aromatic carbocycles. The van der Waals surface area contributed by atoms with Gasteiger partial charge in [-0.05, 0) is 29.9 Å². The number of nitrogens with zero attached hydrogens (tertiary/aromatic N) is 2. The summed E-state index contributed by atoms with van der Waals surface area (Å²) in [7, 11) is 0. The van der Waals surface area contributed by atoms with Crippen LogP contribution in [-0.2, 0) is 0 Å². The number of fused-ring (bicyclic) bond motifs is 1. The highest BCUT2D eigenvalue weighted by molar-refractivity contribution is 5.83. The van der Waals surface area contributed by atoms with Crippen molar-refractivity contribution in [2.75, 3.05) is 0 Å². The van der Waals surface area contributed by atoms with E-state index in [0.29, 0.717) is 17.7 Å². The van der Waals surface area contributed by atoms with Crippen molar-refractivity contribution in [3.05, 3.63) is 36.4 Å². The molecule has 0 spiro atoms. The average molecular weight is 239 g/mol. The lowest BCUT2D eigenvalue weighted by molar-refractivity contribution is 0.377. The van der Waals surface area contributed by atoms with E-state index in [9.17, 15) is 0 Å². The summed E-state index contributed by atoms with van der Waals surface area (Å²) in [5.74, 6) is 2.62. The Kier molecular flexibility index (Phi) is 1.89. The molecule has 1 aliphatic rings. The lowest BCUT2D eigenvalue weighted by atomic mass is 10.1. The Bertz CT molecular complexity index is 712. The van der Waals surface area contributed by atoms with Crippen LogP contribution in [0.1, 0.15) is 25.2 Å². The Labute approximate surface area is 104 Å². The van der Waals surface area contributed by atoms with Crippen molar-refractivity contribution in [2.45, 2.75) is 19.3 Å². The molecule has 18 heavy (non-hydrogen) atoms. The number of hydrogen-bond donors (Lipinski definition) is 1. The van der Waals surface area contributed by atoms with Gasteiger partial charge in [-0.25, -0.2) is 0 Å². The number of aromatic nitrogens is 3. The quantitative estimate of drug-likeness (QED) is 0.746. The average Bonchev–Trinajstić information content (AvgIpc) is 2.88. The summed E-state index contributed by atoms with van der Waals surface area (Å²) in [5, 5.41) is 5.27. The van der Waals surface area contributed by atoms with Gasteiger partial charge < -0.3 is 9.51 Å². The molecule has 1 N–H and O–H groups in total. The summed E-state index contributed by atoms with van der Waals surface area (Å²) < 4.78 is 5.34. The fraction of sp³-hybridized carbons (Fsp3) is 0.286. The van der Waals surface area contributed by atoms with Crippen molar-refractivity contribution in [3.8, 4) is 11.4 Å². The molecule has 90 valence electrons. The standard InChI is InChI=1S/C14H13N3O/c1-8-6-11(8)14-16-13(17-18-14)10-3-2-9-4-5-15-12(9)7-10/h2-5,7-8,11,15H,6H2,1H3/t8-,11+/m0/s1. The number of benzene rings is 1. The molecule has 0 amide bonds. The van der Waals surface area contributed by atoms with Crippen LogP contribution >= 0.6 is 0 Å². The molecule has 0 bridgehead atoms. The molecule has 4 rings (SSSR count). The van der Waals surface area contributed by atoms with Crippen LogP contribution in [0.15, 0.2) is 35.0 Å². The first-order chi connectivity index (χ1) is 8.81. The summed E-state index contributed by atoms with van der Waals surface area (Å²) in [5.41, 5.74) is 2.09. The summed E-state index contributed by atoms with van der Waals surface area (Å²) in [6.45, 7) is 2.21. The third kappa shape index (κ3) is 1.45. The first-order valence-electron chi connectivity index (χ1n) is 6.22. The Morgan fingerprint density at radius 1 is 1.33 bits per heavy atom. The predicted octanol–water partition coefficient (Wildman–Crippen LogP) is 3.34. The van der Waals surface area contributed by atoms with E-state index >= 15 is 0 Å². The Hall–Kier alpha value is -2.10. The lowest BCUT2D eigenvalue weighted by Crippen LogP contribution is -1.83. The zero-order valence-corrected chi connectivity index (χ0v) is 10.1. The molecule has 4 heteroatoms. The van der Waals surface area contributed by atoms with E-state index in [2.05, 4.69) is 34.2 Å². The molecular weight excluding hydrogens is 226 g/mol.